The SMILES string of the molecule is O=C1CCCCCCN1C[C@H]1CCCN1. The van der Waals surface area contributed by atoms with Gasteiger partial charge in [0.2, 0.25) is 5.91 Å². The van der Waals surface area contributed by atoms with E-state index in [4.69, 9.17) is 0 Å². The Morgan fingerprint density at radius 3 is 2.87 bits per heavy atom. The standard InChI is InChI=1S/C12H22N2O/c15-12-7-3-1-2-4-9-14(12)10-11-6-5-8-13-11/h11,13H,1-10H2/t11-/m1/s1. The predicted molar refractivity (Wildman–Crippen MR) is 60.7 cm³/mol. The van der Waals surface area contributed by atoms with Gasteiger partial charge >= 0.3 is 0 Å². The van der Waals surface area contributed by atoms with Crippen molar-refractivity contribution < 1.29 is 4.79 Å². The van der Waals surface area contributed by atoms with Gasteiger partial charge in [-0.25, -0.2) is 0 Å². The van der Waals surface area contributed by atoms with Crippen molar-refractivity contribution in [2.75, 3.05) is 19.6 Å². The smallest absolute Gasteiger partial charge is 0.222 e. The average Bonchev–Trinajstić information content (AvgIpc) is 2.70. The summed E-state index contributed by atoms with van der Waals surface area (Å²) in [6.45, 7) is 3.06. The number of hydrogen-bond acceptors (Lipinski definition) is 2. The molecule has 1 N–H and O–H groups in total. The Morgan fingerprint density at radius 2 is 2.07 bits per heavy atom. The quantitative estimate of drug-likeness (QED) is 0.749. The van der Waals surface area contributed by atoms with Crippen molar-refractivity contribution in [3.8, 4) is 0 Å². The molecule has 1 atom stereocenters. The van der Waals surface area contributed by atoms with Crippen molar-refractivity contribution in [1.29, 1.82) is 0 Å². The third-order valence-corrected chi connectivity index (χ3v) is 3.52. The number of carbonyl (C=O) groups is 1. The molecule has 0 spiro atoms. The molecule has 2 saturated heterocycles. The van der Waals surface area contributed by atoms with Crippen LogP contribution in [0, 0.1) is 0 Å². The lowest BCUT2D eigenvalue weighted by molar-refractivity contribution is -0.132. The first-order chi connectivity index (χ1) is 7.36. The number of carbonyl (C=O) groups excluding carboxylic acids is 1. The summed E-state index contributed by atoms with van der Waals surface area (Å²) in [4.78, 5) is 13.9. The van der Waals surface area contributed by atoms with Gasteiger partial charge in [0.25, 0.3) is 0 Å². The van der Waals surface area contributed by atoms with Crippen molar-refractivity contribution >= 4 is 5.91 Å². The molecule has 0 bridgehead atoms. The van der Waals surface area contributed by atoms with Gasteiger partial charge in [-0.15, -0.1) is 0 Å². The zero-order valence-electron chi connectivity index (χ0n) is 9.50. The molecular formula is C12H22N2O. The molecule has 0 unspecified atom stereocenters. The maximum absolute atomic E-state index is 11.9. The van der Waals surface area contributed by atoms with Gasteiger partial charge in [0, 0.05) is 25.6 Å². The molecule has 1 amide bonds. The van der Waals surface area contributed by atoms with Crippen molar-refractivity contribution in [1.82, 2.24) is 10.2 Å². The normalized spacial score (nSPS) is 28.9. The summed E-state index contributed by atoms with van der Waals surface area (Å²) in [6.07, 6.45) is 8.10. The first kappa shape index (κ1) is 10.9. The Bertz CT molecular complexity index is 212. The molecule has 0 aliphatic carbocycles. The van der Waals surface area contributed by atoms with Crippen LogP contribution in [0.1, 0.15) is 44.9 Å². The maximum Gasteiger partial charge on any atom is 0.222 e. The number of rotatable bonds is 2. The van der Waals surface area contributed by atoms with Crippen molar-refractivity contribution in [3.63, 3.8) is 0 Å². The highest BCUT2D eigenvalue weighted by atomic mass is 16.2. The van der Waals surface area contributed by atoms with E-state index in [1.54, 1.807) is 0 Å². The first-order valence-corrected chi connectivity index (χ1v) is 6.37. The molecule has 0 aromatic rings. The van der Waals surface area contributed by atoms with E-state index in [1.165, 1.54) is 32.1 Å². The Labute approximate surface area is 92.2 Å². The van der Waals surface area contributed by atoms with Crippen LogP contribution in [0.15, 0.2) is 0 Å². The molecule has 86 valence electrons. The molecule has 2 rings (SSSR count). The van der Waals surface area contributed by atoms with E-state index in [9.17, 15) is 4.79 Å². The lowest BCUT2D eigenvalue weighted by atomic mass is 10.1. The number of nitrogens with one attached hydrogen (secondary N) is 1. The molecule has 2 aliphatic heterocycles. The maximum atomic E-state index is 11.9. The van der Waals surface area contributed by atoms with E-state index in [2.05, 4.69) is 10.2 Å². The van der Waals surface area contributed by atoms with Crippen molar-refractivity contribution in [2.45, 2.75) is 51.0 Å². The van der Waals surface area contributed by atoms with Gasteiger partial charge in [-0.3, -0.25) is 4.79 Å². The number of likely N-dealkylation sites (tertiary alicyclic amines) is 1. The van der Waals surface area contributed by atoms with Crippen molar-refractivity contribution in [3.05, 3.63) is 0 Å². The average molecular weight is 210 g/mol. The zero-order valence-corrected chi connectivity index (χ0v) is 9.50. The molecule has 2 aliphatic rings. The fraction of sp³-hybridized carbons (Fsp3) is 0.917. The highest BCUT2D eigenvalue weighted by Crippen LogP contribution is 2.14. The van der Waals surface area contributed by atoms with E-state index < -0.39 is 0 Å². The summed E-state index contributed by atoms with van der Waals surface area (Å²) in [5, 5.41) is 3.47. The van der Waals surface area contributed by atoms with Gasteiger partial charge in [-0.2, -0.15) is 0 Å². The zero-order chi connectivity index (χ0) is 10.5. The first-order valence-electron chi connectivity index (χ1n) is 6.37. The minimum absolute atomic E-state index is 0.378. The van der Waals surface area contributed by atoms with Crippen LogP contribution >= 0.6 is 0 Å². The summed E-state index contributed by atoms with van der Waals surface area (Å²) < 4.78 is 0. The Kier molecular flexibility index (Phi) is 4.01. The van der Waals surface area contributed by atoms with Crippen LogP contribution in [0.5, 0.6) is 0 Å². The largest absolute Gasteiger partial charge is 0.341 e. The lowest BCUT2D eigenvalue weighted by Crippen LogP contribution is -2.42. The molecular weight excluding hydrogens is 188 g/mol. The van der Waals surface area contributed by atoms with Gasteiger partial charge < -0.3 is 10.2 Å². The topological polar surface area (TPSA) is 32.3 Å². The third kappa shape index (κ3) is 3.20. The van der Waals surface area contributed by atoms with Crippen LogP contribution in [-0.2, 0) is 4.79 Å². The second kappa shape index (κ2) is 5.50. The summed E-state index contributed by atoms with van der Waals surface area (Å²) in [7, 11) is 0. The van der Waals surface area contributed by atoms with Crippen LogP contribution in [0.25, 0.3) is 0 Å². The minimum Gasteiger partial charge on any atom is -0.341 e. The number of nitrogens with zero attached hydrogens (tertiary/aromatic N) is 1. The molecule has 2 heterocycles. The van der Waals surface area contributed by atoms with Gasteiger partial charge in [-0.05, 0) is 32.2 Å². The van der Waals surface area contributed by atoms with Crippen LogP contribution in [-0.4, -0.2) is 36.5 Å². The van der Waals surface area contributed by atoms with Gasteiger partial charge in [-0.1, -0.05) is 12.8 Å². The highest BCUT2D eigenvalue weighted by Gasteiger charge is 2.21. The lowest BCUT2D eigenvalue weighted by Gasteiger charge is -2.27. The number of amides is 1. The number of hydrogen-bond donors (Lipinski definition) is 1. The summed E-state index contributed by atoms with van der Waals surface area (Å²) in [6, 6.07) is 0.563. The molecule has 0 aromatic carbocycles. The van der Waals surface area contributed by atoms with Crippen molar-refractivity contribution in [2.24, 2.45) is 0 Å². The third-order valence-electron chi connectivity index (χ3n) is 3.52. The van der Waals surface area contributed by atoms with Gasteiger partial charge in [0.05, 0.1) is 0 Å². The molecule has 2 fully saturated rings. The summed E-state index contributed by atoms with van der Waals surface area (Å²) in [5.41, 5.74) is 0. The van der Waals surface area contributed by atoms with E-state index >= 15 is 0 Å². The van der Waals surface area contributed by atoms with Gasteiger partial charge in [0.15, 0.2) is 0 Å². The summed E-state index contributed by atoms with van der Waals surface area (Å²) in [5.74, 6) is 0.378. The predicted octanol–water partition coefficient (Wildman–Crippen LogP) is 1.53. The van der Waals surface area contributed by atoms with E-state index in [-0.39, 0.29) is 0 Å². The van der Waals surface area contributed by atoms with Gasteiger partial charge in [0.1, 0.15) is 0 Å². The molecule has 15 heavy (non-hydrogen) atoms. The molecule has 0 radical (unpaired) electrons. The monoisotopic (exact) mass is 210 g/mol. The van der Waals surface area contributed by atoms with E-state index in [1.807, 2.05) is 0 Å². The fourth-order valence-electron chi connectivity index (χ4n) is 2.59. The Morgan fingerprint density at radius 1 is 1.20 bits per heavy atom. The molecule has 3 heteroatoms. The molecule has 3 nitrogen and oxygen atoms in total. The van der Waals surface area contributed by atoms with Crippen LogP contribution < -0.4 is 5.32 Å². The van der Waals surface area contributed by atoms with E-state index in [0.717, 1.165) is 32.5 Å². The highest BCUT2D eigenvalue weighted by molar-refractivity contribution is 5.76. The summed E-state index contributed by atoms with van der Waals surface area (Å²) >= 11 is 0. The molecule has 0 saturated carbocycles. The second-order valence-corrected chi connectivity index (χ2v) is 4.80. The fourth-order valence-corrected chi connectivity index (χ4v) is 2.59. The Hall–Kier alpha value is -0.570. The van der Waals surface area contributed by atoms with Crippen LogP contribution in [0.2, 0.25) is 0 Å². The Balaban J connectivity index is 1.83. The van der Waals surface area contributed by atoms with E-state index in [0.29, 0.717) is 11.9 Å². The minimum atomic E-state index is 0.378. The van der Waals surface area contributed by atoms with Crippen LogP contribution in [0.4, 0.5) is 0 Å². The van der Waals surface area contributed by atoms with Crippen LogP contribution in [0.3, 0.4) is 0 Å². The second-order valence-electron chi connectivity index (χ2n) is 4.80. The molecule has 0 aromatic heterocycles.